The molecule has 3 N–H and O–H groups in total. The molecule has 0 aliphatic carbocycles. The van der Waals surface area contributed by atoms with Crippen LogP contribution in [-0.2, 0) is 21.2 Å². The van der Waals surface area contributed by atoms with Gasteiger partial charge in [0.2, 0.25) is 5.91 Å². The Morgan fingerprint density at radius 3 is 2.52 bits per heavy atom. The Labute approximate surface area is 169 Å². The molecule has 1 amide bonds. The molecule has 0 unspecified atom stereocenters. The van der Waals surface area contributed by atoms with Gasteiger partial charge in [0.25, 0.3) is 10.0 Å². The quantitative estimate of drug-likeness (QED) is 0.464. The van der Waals surface area contributed by atoms with Gasteiger partial charge in [0.15, 0.2) is 11.5 Å². The summed E-state index contributed by atoms with van der Waals surface area (Å²) < 4.78 is 36.0. The maximum absolute atomic E-state index is 12.5. The Morgan fingerprint density at radius 1 is 1.03 bits per heavy atom. The van der Waals surface area contributed by atoms with Gasteiger partial charge in [-0.1, -0.05) is 18.2 Å². The summed E-state index contributed by atoms with van der Waals surface area (Å²) in [5.41, 5.74) is 3.94. The van der Waals surface area contributed by atoms with E-state index < -0.39 is 15.9 Å². The van der Waals surface area contributed by atoms with Crippen LogP contribution in [0.5, 0.6) is 11.5 Å². The molecule has 0 fully saturated rings. The second-order valence-corrected chi connectivity index (χ2v) is 7.85. The number of H-pyrrole nitrogens is 1. The first kappa shape index (κ1) is 20.7. The number of aromatic nitrogens is 1. The van der Waals surface area contributed by atoms with E-state index in [0.29, 0.717) is 24.7 Å². The van der Waals surface area contributed by atoms with Gasteiger partial charge in [0.1, 0.15) is 0 Å². The molecule has 2 aromatic carbocycles. The van der Waals surface area contributed by atoms with Crippen LogP contribution in [0, 0.1) is 0 Å². The molecule has 9 heteroatoms. The summed E-state index contributed by atoms with van der Waals surface area (Å²) in [6.07, 6.45) is 1.76. The van der Waals surface area contributed by atoms with Gasteiger partial charge in [-0.3, -0.25) is 10.2 Å². The van der Waals surface area contributed by atoms with Crippen LogP contribution in [0.15, 0.2) is 53.6 Å². The second-order valence-electron chi connectivity index (χ2n) is 6.16. The van der Waals surface area contributed by atoms with Crippen LogP contribution in [0.1, 0.15) is 19.4 Å². The topological polar surface area (TPSA) is 110 Å². The highest BCUT2D eigenvalue weighted by Crippen LogP contribution is 2.30. The minimum absolute atomic E-state index is 0.0278. The van der Waals surface area contributed by atoms with Crippen LogP contribution in [-0.4, -0.2) is 32.5 Å². The molecule has 0 bridgehead atoms. The van der Waals surface area contributed by atoms with E-state index in [1.54, 1.807) is 13.1 Å². The lowest BCUT2D eigenvalue weighted by Crippen LogP contribution is -2.42. The van der Waals surface area contributed by atoms with Crippen LogP contribution in [0.4, 0.5) is 0 Å². The van der Waals surface area contributed by atoms with Gasteiger partial charge in [0.05, 0.1) is 24.5 Å². The van der Waals surface area contributed by atoms with Crippen LogP contribution in [0.2, 0.25) is 0 Å². The number of carbonyl (C=O) groups is 1. The van der Waals surface area contributed by atoms with Gasteiger partial charge in [-0.15, -0.1) is 4.83 Å². The smallest absolute Gasteiger partial charge is 0.257 e. The molecule has 0 aliphatic rings. The summed E-state index contributed by atoms with van der Waals surface area (Å²) >= 11 is 0. The Bertz CT molecular complexity index is 1110. The third kappa shape index (κ3) is 4.87. The number of amides is 1. The first-order valence-electron chi connectivity index (χ1n) is 9.20. The fourth-order valence-electron chi connectivity index (χ4n) is 2.88. The lowest BCUT2D eigenvalue weighted by Gasteiger charge is -2.13. The van der Waals surface area contributed by atoms with Crippen molar-refractivity contribution in [2.45, 2.75) is 25.2 Å². The highest BCUT2D eigenvalue weighted by atomic mass is 32.2. The van der Waals surface area contributed by atoms with E-state index in [-0.39, 0.29) is 11.3 Å². The number of fused-ring (bicyclic) bond motifs is 1. The van der Waals surface area contributed by atoms with Crippen molar-refractivity contribution in [3.05, 3.63) is 54.2 Å². The van der Waals surface area contributed by atoms with Crippen molar-refractivity contribution < 1.29 is 22.7 Å². The molecule has 0 radical (unpaired) electrons. The van der Waals surface area contributed by atoms with E-state index in [1.807, 2.05) is 31.2 Å². The van der Waals surface area contributed by atoms with E-state index >= 15 is 0 Å². The molecule has 1 heterocycles. The number of carbonyl (C=O) groups excluding carboxylic acids is 1. The number of sulfonamides is 1. The van der Waals surface area contributed by atoms with Gasteiger partial charge in [-0.05, 0) is 37.6 Å². The molecule has 154 valence electrons. The summed E-state index contributed by atoms with van der Waals surface area (Å²) in [7, 11) is -3.97. The molecule has 3 aromatic rings. The van der Waals surface area contributed by atoms with Gasteiger partial charge in [-0.25, -0.2) is 8.42 Å². The van der Waals surface area contributed by atoms with Gasteiger partial charge in [-0.2, -0.15) is 0 Å². The number of benzene rings is 2. The summed E-state index contributed by atoms with van der Waals surface area (Å²) in [6.45, 7) is 4.40. The van der Waals surface area contributed by atoms with E-state index in [2.05, 4.69) is 15.2 Å². The number of para-hydroxylation sites is 1. The molecular weight excluding hydrogens is 394 g/mol. The standard InChI is InChI=1S/C20H23N3O5S/c1-3-27-18-10-9-15(12-19(18)28-4-2)29(25,26)23-22-20(24)11-14-13-21-17-8-6-5-7-16(14)17/h5-10,12-13,21,23H,3-4,11H2,1-2H3,(H,22,24). The molecule has 0 saturated heterocycles. The van der Waals surface area contributed by atoms with E-state index in [0.717, 1.165) is 16.5 Å². The Kier molecular flexibility index (Phi) is 6.40. The predicted molar refractivity (Wildman–Crippen MR) is 109 cm³/mol. The zero-order valence-electron chi connectivity index (χ0n) is 16.2. The summed E-state index contributed by atoms with van der Waals surface area (Å²) in [5, 5.41) is 0.915. The second kappa shape index (κ2) is 8.97. The highest BCUT2D eigenvalue weighted by molar-refractivity contribution is 7.89. The minimum atomic E-state index is -3.97. The molecule has 29 heavy (non-hydrogen) atoms. The van der Waals surface area contributed by atoms with Crippen molar-refractivity contribution >= 4 is 26.8 Å². The molecule has 8 nitrogen and oxygen atoms in total. The minimum Gasteiger partial charge on any atom is -0.490 e. The SMILES string of the molecule is CCOc1ccc(S(=O)(=O)NNC(=O)Cc2c[nH]c3ccccc23)cc1OCC. The van der Waals surface area contributed by atoms with Crippen LogP contribution in [0.3, 0.4) is 0 Å². The zero-order valence-corrected chi connectivity index (χ0v) is 17.0. The Morgan fingerprint density at radius 2 is 1.76 bits per heavy atom. The third-order valence-electron chi connectivity index (χ3n) is 4.18. The number of ether oxygens (including phenoxy) is 2. The summed E-state index contributed by atoms with van der Waals surface area (Å²) in [4.78, 5) is 17.4. The van der Waals surface area contributed by atoms with E-state index in [9.17, 15) is 13.2 Å². The monoisotopic (exact) mass is 417 g/mol. The molecule has 0 saturated carbocycles. The maximum atomic E-state index is 12.5. The lowest BCUT2D eigenvalue weighted by molar-refractivity contribution is -0.120. The van der Waals surface area contributed by atoms with Gasteiger partial charge < -0.3 is 14.5 Å². The lowest BCUT2D eigenvalue weighted by atomic mass is 10.1. The normalized spacial score (nSPS) is 11.4. The fourth-order valence-corrected chi connectivity index (χ4v) is 3.75. The van der Waals surface area contributed by atoms with Crippen molar-refractivity contribution in [3.8, 4) is 11.5 Å². The van der Waals surface area contributed by atoms with Crippen molar-refractivity contribution in [2.75, 3.05) is 13.2 Å². The van der Waals surface area contributed by atoms with Crippen molar-refractivity contribution in [3.63, 3.8) is 0 Å². The molecule has 1 aromatic heterocycles. The number of aromatic amines is 1. The number of hydrazine groups is 1. The Hall–Kier alpha value is -3.04. The Balaban J connectivity index is 1.69. The average molecular weight is 417 g/mol. The van der Waals surface area contributed by atoms with Crippen molar-refractivity contribution in [2.24, 2.45) is 0 Å². The molecule has 0 atom stereocenters. The maximum Gasteiger partial charge on any atom is 0.257 e. The number of nitrogens with one attached hydrogen (secondary N) is 3. The summed E-state index contributed by atoms with van der Waals surface area (Å²) in [6, 6.07) is 11.8. The largest absolute Gasteiger partial charge is 0.490 e. The highest BCUT2D eigenvalue weighted by Gasteiger charge is 2.19. The summed E-state index contributed by atoms with van der Waals surface area (Å²) in [5.74, 6) is 0.299. The van der Waals surface area contributed by atoms with E-state index in [4.69, 9.17) is 9.47 Å². The molecule has 0 spiro atoms. The molecular formula is C20H23N3O5S. The molecule has 0 aliphatic heterocycles. The van der Waals surface area contributed by atoms with Crippen molar-refractivity contribution in [1.29, 1.82) is 0 Å². The molecule has 3 rings (SSSR count). The average Bonchev–Trinajstić information content (AvgIpc) is 3.11. The number of hydrogen-bond acceptors (Lipinski definition) is 5. The van der Waals surface area contributed by atoms with Gasteiger partial charge in [0, 0.05) is 23.2 Å². The number of hydrogen-bond donors (Lipinski definition) is 3. The van der Waals surface area contributed by atoms with Crippen LogP contribution >= 0.6 is 0 Å². The van der Waals surface area contributed by atoms with Crippen molar-refractivity contribution in [1.82, 2.24) is 15.2 Å². The van der Waals surface area contributed by atoms with E-state index in [1.165, 1.54) is 18.2 Å². The van der Waals surface area contributed by atoms with Crippen LogP contribution in [0.25, 0.3) is 10.9 Å². The van der Waals surface area contributed by atoms with Gasteiger partial charge >= 0.3 is 0 Å². The third-order valence-corrected chi connectivity index (χ3v) is 5.42. The number of rotatable bonds is 9. The first-order valence-corrected chi connectivity index (χ1v) is 10.7. The first-order chi connectivity index (χ1) is 13.9. The fraction of sp³-hybridized carbons (Fsp3) is 0.250. The zero-order chi connectivity index (χ0) is 20.9. The predicted octanol–water partition coefficient (Wildman–Crippen LogP) is 2.52. The van der Waals surface area contributed by atoms with Crippen LogP contribution < -0.4 is 19.7 Å².